The summed E-state index contributed by atoms with van der Waals surface area (Å²) in [7, 11) is -3.71. The van der Waals surface area contributed by atoms with Crippen LogP contribution in [0.15, 0.2) is 27.6 Å². The Balaban J connectivity index is 1.78. The summed E-state index contributed by atoms with van der Waals surface area (Å²) in [5.74, 6) is -1.05. The van der Waals surface area contributed by atoms with Crippen molar-refractivity contribution >= 4 is 15.7 Å². The first-order valence-electron chi connectivity index (χ1n) is 7.43. The normalized spacial score (nSPS) is 16.6. The maximum Gasteiger partial charge on any atom is 0.248 e. The van der Waals surface area contributed by atoms with Crippen LogP contribution in [0.2, 0.25) is 0 Å². The molecule has 0 unspecified atom stereocenters. The standard InChI is InChI=1S/C15H17F2N3O3S/c1-10-15(11(2)23-18-10)24(21,22)20-7-5-19(6-8-20)14-4-3-12(16)9-13(14)17/h3-4,9H,5-8H2,1-2H3. The van der Waals surface area contributed by atoms with Crippen molar-refractivity contribution in [3.63, 3.8) is 0 Å². The first kappa shape index (κ1) is 16.8. The number of rotatable bonds is 3. The van der Waals surface area contributed by atoms with Crippen LogP contribution in [0.3, 0.4) is 0 Å². The first-order valence-corrected chi connectivity index (χ1v) is 8.87. The number of anilines is 1. The molecule has 0 amide bonds. The van der Waals surface area contributed by atoms with Gasteiger partial charge in [0.1, 0.15) is 22.2 Å². The second-order valence-electron chi connectivity index (χ2n) is 5.64. The monoisotopic (exact) mass is 357 g/mol. The van der Waals surface area contributed by atoms with Crippen LogP contribution in [0.4, 0.5) is 14.5 Å². The number of hydrogen-bond acceptors (Lipinski definition) is 5. The van der Waals surface area contributed by atoms with Crippen LogP contribution < -0.4 is 4.90 Å². The van der Waals surface area contributed by atoms with E-state index in [4.69, 9.17) is 4.52 Å². The number of nitrogens with zero attached hydrogens (tertiary/aromatic N) is 3. The molecule has 2 heterocycles. The van der Waals surface area contributed by atoms with Gasteiger partial charge in [0.05, 0.1) is 5.69 Å². The molecule has 1 aromatic heterocycles. The number of aryl methyl sites for hydroxylation is 2. The van der Waals surface area contributed by atoms with E-state index in [2.05, 4.69) is 5.16 Å². The highest BCUT2D eigenvalue weighted by atomic mass is 32.2. The molecule has 0 aliphatic carbocycles. The smallest absolute Gasteiger partial charge is 0.248 e. The van der Waals surface area contributed by atoms with E-state index in [0.717, 1.165) is 6.07 Å². The van der Waals surface area contributed by atoms with Crippen molar-refractivity contribution < 1.29 is 21.7 Å². The molecule has 0 bridgehead atoms. The summed E-state index contributed by atoms with van der Waals surface area (Å²) in [4.78, 5) is 1.79. The van der Waals surface area contributed by atoms with Gasteiger partial charge in [-0.25, -0.2) is 17.2 Å². The lowest BCUT2D eigenvalue weighted by atomic mass is 10.2. The topological polar surface area (TPSA) is 66.7 Å². The van der Waals surface area contributed by atoms with Crippen LogP contribution in [0.25, 0.3) is 0 Å². The van der Waals surface area contributed by atoms with Crippen LogP contribution in [0.5, 0.6) is 0 Å². The molecule has 3 rings (SSSR count). The predicted molar refractivity (Wildman–Crippen MR) is 83.3 cm³/mol. The van der Waals surface area contributed by atoms with Gasteiger partial charge >= 0.3 is 0 Å². The van der Waals surface area contributed by atoms with E-state index in [0.29, 0.717) is 18.8 Å². The Kier molecular flexibility index (Phi) is 4.31. The van der Waals surface area contributed by atoms with Crippen molar-refractivity contribution in [3.05, 3.63) is 41.3 Å². The highest BCUT2D eigenvalue weighted by molar-refractivity contribution is 7.89. The van der Waals surface area contributed by atoms with Gasteiger partial charge in [0.15, 0.2) is 5.76 Å². The van der Waals surface area contributed by atoms with Gasteiger partial charge < -0.3 is 9.42 Å². The Morgan fingerprint density at radius 2 is 1.79 bits per heavy atom. The largest absolute Gasteiger partial charge is 0.367 e. The number of piperazine rings is 1. The lowest BCUT2D eigenvalue weighted by molar-refractivity contribution is 0.377. The van der Waals surface area contributed by atoms with E-state index in [1.807, 2.05) is 0 Å². The highest BCUT2D eigenvalue weighted by Gasteiger charge is 2.33. The second kappa shape index (κ2) is 6.14. The summed E-state index contributed by atoms with van der Waals surface area (Å²) < 4.78 is 58.6. The fourth-order valence-corrected chi connectivity index (χ4v) is 4.59. The molecule has 1 aliphatic heterocycles. The minimum Gasteiger partial charge on any atom is -0.367 e. The lowest BCUT2D eigenvalue weighted by Crippen LogP contribution is -2.49. The zero-order chi connectivity index (χ0) is 17.5. The molecule has 1 aliphatic rings. The minimum absolute atomic E-state index is 0.0870. The number of aromatic nitrogens is 1. The Morgan fingerprint density at radius 3 is 2.33 bits per heavy atom. The third kappa shape index (κ3) is 2.89. The number of sulfonamides is 1. The molecule has 6 nitrogen and oxygen atoms in total. The Bertz CT molecular complexity index is 839. The zero-order valence-corrected chi connectivity index (χ0v) is 14.1. The van der Waals surface area contributed by atoms with Crippen LogP contribution in [0.1, 0.15) is 11.5 Å². The lowest BCUT2D eigenvalue weighted by Gasteiger charge is -2.35. The molecular formula is C15H17F2N3O3S. The molecular weight excluding hydrogens is 340 g/mol. The fraction of sp³-hybridized carbons (Fsp3) is 0.400. The summed E-state index contributed by atoms with van der Waals surface area (Å²) >= 11 is 0. The van der Waals surface area contributed by atoms with Crippen LogP contribution in [-0.4, -0.2) is 44.1 Å². The van der Waals surface area contributed by atoms with E-state index in [1.54, 1.807) is 18.7 Å². The summed E-state index contributed by atoms with van der Waals surface area (Å²) in [5.41, 5.74) is 0.588. The molecule has 0 radical (unpaired) electrons. The van der Waals surface area contributed by atoms with E-state index in [9.17, 15) is 17.2 Å². The average Bonchev–Trinajstić information content (AvgIpc) is 2.87. The van der Waals surface area contributed by atoms with Crippen LogP contribution in [-0.2, 0) is 10.0 Å². The van der Waals surface area contributed by atoms with Gasteiger partial charge in [-0.15, -0.1) is 0 Å². The van der Waals surface area contributed by atoms with Crippen molar-refractivity contribution in [1.29, 1.82) is 0 Å². The van der Waals surface area contributed by atoms with Crippen molar-refractivity contribution in [1.82, 2.24) is 9.46 Å². The fourth-order valence-electron chi connectivity index (χ4n) is 2.88. The molecule has 1 saturated heterocycles. The van der Waals surface area contributed by atoms with Crippen molar-refractivity contribution in [3.8, 4) is 0 Å². The van der Waals surface area contributed by atoms with Crippen LogP contribution >= 0.6 is 0 Å². The van der Waals surface area contributed by atoms with Crippen LogP contribution in [0, 0.1) is 25.5 Å². The molecule has 1 aromatic carbocycles. The molecule has 24 heavy (non-hydrogen) atoms. The van der Waals surface area contributed by atoms with Gasteiger partial charge in [-0.2, -0.15) is 4.31 Å². The summed E-state index contributed by atoms with van der Waals surface area (Å²) in [6.45, 7) is 4.15. The van der Waals surface area contributed by atoms with Gasteiger partial charge in [-0.05, 0) is 26.0 Å². The van der Waals surface area contributed by atoms with Gasteiger partial charge in [-0.3, -0.25) is 0 Å². The number of benzene rings is 1. The number of hydrogen-bond donors (Lipinski definition) is 0. The third-order valence-corrected chi connectivity index (χ3v) is 6.20. The second-order valence-corrected chi connectivity index (χ2v) is 7.51. The molecule has 0 N–H and O–H groups in total. The van der Waals surface area contributed by atoms with Gasteiger partial charge in [-0.1, -0.05) is 5.16 Å². The number of halogens is 2. The maximum atomic E-state index is 13.9. The van der Waals surface area contributed by atoms with Gasteiger partial charge in [0.2, 0.25) is 10.0 Å². The van der Waals surface area contributed by atoms with E-state index >= 15 is 0 Å². The summed E-state index contributed by atoms with van der Waals surface area (Å²) in [5, 5.41) is 3.68. The average molecular weight is 357 g/mol. The van der Waals surface area contributed by atoms with Gasteiger partial charge in [0, 0.05) is 32.2 Å². The van der Waals surface area contributed by atoms with Crippen molar-refractivity contribution in [2.45, 2.75) is 18.7 Å². The summed E-state index contributed by atoms with van der Waals surface area (Å²) in [6, 6.07) is 3.37. The molecule has 0 atom stereocenters. The van der Waals surface area contributed by atoms with Gasteiger partial charge in [0.25, 0.3) is 0 Å². The maximum absolute atomic E-state index is 13.9. The highest BCUT2D eigenvalue weighted by Crippen LogP contribution is 2.26. The molecule has 1 fully saturated rings. The van der Waals surface area contributed by atoms with E-state index in [-0.39, 0.29) is 29.4 Å². The molecule has 0 spiro atoms. The summed E-state index contributed by atoms with van der Waals surface area (Å²) in [6.07, 6.45) is 0. The Morgan fingerprint density at radius 1 is 1.12 bits per heavy atom. The Hall–Kier alpha value is -2.00. The minimum atomic E-state index is -3.71. The zero-order valence-electron chi connectivity index (χ0n) is 13.3. The van der Waals surface area contributed by atoms with E-state index in [1.165, 1.54) is 16.4 Å². The quantitative estimate of drug-likeness (QED) is 0.841. The van der Waals surface area contributed by atoms with E-state index < -0.39 is 21.7 Å². The molecule has 2 aromatic rings. The molecule has 9 heteroatoms. The first-order chi connectivity index (χ1) is 11.3. The molecule has 0 saturated carbocycles. The molecule has 130 valence electrons. The Labute approximate surface area is 138 Å². The van der Waals surface area contributed by atoms with Crippen molar-refractivity contribution in [2.75, 3.05) is 31.1 Å². The SMILES string of the molecule is Cc1noc(C)c1S(=O)(=O)N1CCN(c2ccc(F)cc2F)CC1. The third-order valence-electron chi connectivity index (χ3n) is 4.05. The predicted octanol–water partition coefficient (Wildman–Crippen LogP) is 2.08. The van der Waals surface area contributed by atoms with Crippen molar-refractivity contribution in [2.24, 2.45) is 0 Å².